The van der Waals surface area contributed by atoms with Crippen molar-refractivity contribution in [1.82, 2.24) is 14.8 Å². The Morgan fingerprint density at radius 2 is 2.21 bits per heavy atom. The van der Waals surface area contributed by atoms with E-state index in [1.807, 2.05) is 12.3 Å². The molecule has 0 unspecified atom stereocenters. The lowest BCUT2D eigenvalue weighted by atomic mass is 9.97. The van der Waals surface area contributed by atoms with Gasteiger partial charge >= 0.3 is 0 Å². The fraction of sp³-hybridized carbons (Fsp3) is 0.667. The first kappa shape index (κ1) is 13.3. The molecule has 0 radical (unpaired) electrons. The molecule has 2 fully saturated rings. The summed E-state index contributed by atoms with van der Waals surface area (Å²) in [6.07, 6.45) is 6.04. The predicted octanol–water partition coefficient (Wildman–Crippen LogP) is 2.79. The Bertz CT molecular complexity index is 420. The highest BCUT2D eigenvalue weighted by atomic mass is 35.5. The van der Waals surface area contributed by atoms with Crippen molar-refractivity contribution in [2.45, 2.75) is 44.8 Å². The lowest BCUT2D eigenvalue weighted by molar-refractivity contribution is 0.0110. The van der Waals surface area contributed by atoms with Crippen LogP contribution in [0.2, 0.25) is 5.15 Å². The fourth-order valence-corrected chi connectivity index (χ4v) is 3.48. The van der Waals surface area contributed by atoms with Crippen molar-refractivity contribution in [2.24, 2.45) is 0 Å². The van der Waals surface area contributed by atoms with E-state index in [1.165, 1.54) is 44.5 Å². The Kier molecular flexibility index (Phi) is 4.06. The molecule has 0 spiro atoms. The van der Waals surface area contributed by atoms with Gasteiger partial charge in [-0.1, -0.05) is 24.1 Å². The van der Waals surface area contributed by atoms with Gasteiger partial charge in [0.2, 0.25) is 0 Å². The van der Waals surface area contributed by atoms with Crippen molar-refractivity contribution < 1.29 is 0 Å². The molecule has 3 nitrogen and oxygen atoms in total. The first-order valence-corrected chi connectivity index (χ1v) is 7.69. The maximum Gasteiger partial charge on any atom is 0.129 e. The van der Waals surface area contributed by atoms with Gasteiger partial charge in [-0.05, 0) is 37.9 Å². The minimum absolute atomic E-state index is 0.578. The van der Waals surface area contributed by atoms with Gasteiger partial charge in [0.15, 0.2) is 0 Å². The lowest BCUT2D eigenvalue weighted by Crippen LogP contribution is -2.58. The Hall–Kier alpha value is -0.640. The molecule has 0 amide bonds. The highest BCUT2D eigenvalue weighted by Gasteiger charge is 2.32. The molecule has 4 heteroatoms. The van der Waals surface area contributed by atoms with Crippen molar-refractivity contribution in [1.29, 1.82) is 0 Å². The molecular formula is C15H22ClN3. The van der Waals surface area contributed by atoms with Gasteiger partial charge in [-0.25, -0.2) is 4.98 Å². The quantitative estimate of drug-likeness (QED) is 0.776. The van der Waals surface area contributed by atoms with Crippen molar-refractivity contribution in [3.05, 3.63) is 29.0 Å². The molecule has 0 aromatic carbocycles. The summed E-state index contributed by atoms with van der Waals surface area (Å²) >= 11 is 5.84. The van der Waals surface area contributed by atoms with Gasteiger partial charge in [-0.15, -0.1) is 0 Å². The van der Waals surface area contributed by atoms with E-state index in [0.29, 0.717) is 11.2 Å². The Balaban J connectivity index is 1.65. The Morgan fingerprint density at radius 3 is 3.00 bits per heavy atom. The number of piperidine rings is 1. The van der Waals surface area contributed by atoms with Crippen LogP contribution in [0, 0.1) is 0 Å². The number of nitrogens with zero attached hydrogens (tertiary/aromatic N) is 3. The van der Waals surface area contributed by atoms with Gasteiger partial charge in [-0.2, -0.15) is 0 Å². The predicted molar refractivity (Wildman–Crippen MR) is 78.3 cm³/mol. The summed E-state index contributed by atoms with van der Waals surface area (Å²) in [5, 5.41) is 0.578. The molecule has 2 aliphatic heterocycles. The largest absolute Gasteiger partial charge is 0.298 e. The number of fused-ring (bicyclic) bond motifs is 1. The third-order valence-corrected chi connectivity index (χ3v) is 4.71. The molecule has 2 saturated heterocycles. The fourth-order valence-electron chi connectivity index (χ4n) is 3.37. The first-order chi connectivity index (χ1) is 9.22. The standard InChI is InChI=1S/C15H22ClN3/c1-12-9-18-7-3-2-4-14(18)11-19(12)10-13-5-6-15(16)17-8-13/h5-6,8,12,14H,2-4,7,9-11H2,1H3/t12-,14-/m1/s1. The molecule has 19 heavy (non-hydrogen) atoms. The van der Waals surface area contributed by atoms with Crippen LogP contribution in [0.3, 0.4) is 0 Å². The molecule has 3 rings (SSSR count). The number of rotatable bonds is 2. The topological polar surface area (TPSA) is 19.4 Å². The van der Waals surface area contributed by atoms with Crippen LogP contribution in [-0.4, -0.2) is 46.5 Å². The summed E-state index contributed by atoms with van der Waals surface area (Å²) in [4.78, 5) is 9.46. The zero-order valence-corrected chi connectivity index (χ0v) is 12.3. The van der Waals surface area contributed by atoms with E-state index < -0.39 is 0 Å². The van der Waals surface area contributed by atoms with Crippen LogP contribution in [-0.2, 0) is 6.54 Å². The summed E-state index contributed by atoms with van der Waals surface area (Å²) in [5.41, 5.74) is 1.26. The monoisotopic (exact) mass is 279 g/mol. The maximum atomic E-state index is 5.84. The number of halogens is 1. The molecule has 1 aromatic rings. The summed E-state index contributed by atoms with van der Waals surface area (Å²) < 4.78 is 0. The zero-order valence-electron chi connectivity index (χ0n) is 11.6. The van der Waals surface area contributed by atoms with Gasteiger partial charge in [0, 0.05) is 37.9 Å². The molecule has 104 valence electrons. The second-order valence-corrected chi connectivity index (χ2v) is 6.30. The minimum atomic E-state index is 0.578. The van der Waals surface area contributed by atoms with Crippen LogP contribution in [0.15, 0.2) is 18.3 Å². The zero-order chi connectivity index (χ0) is 13.2. The summed E-state index contributed by atoms with van der Waals surface area (Å²) in [7, 11) is 0. The molecular weight excluding hydrogens is 258 g/mol. The molecule has 0 N–H and O–H groups in total. The van der Waals surface area contributed by atoms with Crippen LogP contribution in [0.5, 0.6) is 0 Å². The Labute approximate surface area is 120 Å². The first-order valence-electron chi connectivity index (χ1n) is 7.31. The minimum Gasteiger partial charge on any atom is -0.298 e. The van der Waals surface area contributed by atoms with E-state index in [4.69, 9.17) is 11.6 Å². The van der Waals surface area contributed by atoms with Crippen LogP contribution in [0.1, 0.15) is 31.7 Å². The van der Waals surface area contributed by atoms with Gasteiger partial charge < -0.3 is 0 Å². The van der Waals surface area contributed by atoms with Crippen LogP contribution in [0.4, 0.5) is 0 Å². The average molecular weight is 280 g/mol. The maximum absolute atomic E-state index is 5.84. The molecule has 0 bridgehead atoms. The van der Waals surface area contributed by atoms with Gasteiger partial charge in [0.1, 0.15) is 5.15 Å². The molecule has 2 aliphatic rings. The van der Waals surface area contributed by atoms with Gasteiger partial charge in [0.25, 0.3) is 0 Å². The van der Waals surface area contributed by atoms with Gasteiger partial charge in [-0.3, -0.25) is 9.80 Å². The van der Waals surface area contributed by atoms with Crippen molar-refractivity contribution in [3.8, 4) is 0 Å². The molecule has 3 heterocycles. The smallest absolute Gasteiger partial charge is 0.129 e. The summed E-state index contributed by atoms with van der Waals surface area (Å²) in [6, 6.07) is 5.38. The van der Waals surface area contributed by atoms with E-state index in [2.05, 4.69) is 27.8 Å². The molecule has 0 saturated carbocycles. The van der Waals surface area contributed by atoms with E-state index in [0.717, 1.165) is 12.6 Å². The molecule has 1 aromatic heterocycles. The third kappa shape index (κ3) is 3.10. The second-order valence-electron chi connectivity index (χ2n) is 5.91. The van der Waals surface area contributed by atoms with E-state index in [1.54, 1.807) is 0 Å². The summed E-state index contributed by atoms with van der Waals surface area (Å²) in [6.45, 7) is 7.05. The van der Waals surface area contributed by atoms with Crippen molar-refractivity contribution >= 4 is 11.6 Å². The molecule has 0 aliphatic carbocycles. The third-order valence-electron chi connectivity index (χ3n) is 4.49. The van der Waals surface area contributed by atoms with E-state index >= 15 is 0 Å². The van der Waals surface area contributed by atoms with Crippen LogP contribution < -0.4 is 0 Å². The Morgan fingerprint density at radius 1 is 1.32 bits per heavy atom. The number of piperazine rings is 1. The van der Waals surface area contributed by atoms with E-state index in [-0.39, 0.29) is 0 Å². The van der Waals surface area contributed by atoms with Crippen molar-refractivity contribution in [2.75, 3.05) is 19.6 Å². The SMILES string of the molecule is C[C@@H]1CN2CCCC[C@@H]2CN1Cc1ccc(Cl)nc1. The number of pyridine rings is 1. The van der Waals surface area contributed by atoms with Gasteiger partial charge in [0.05, 0.1) is 0 Å². The lowest BCUT2D eigenvalue weighted by Gasteiger charge is -2.47. The summed E-state index contributed by atoms with van der Waals surface area (Å²) in [5.74, 6) is 0. The number of aromatic nitrogens is 1. The average Bonchev–Trinajstić information content (AvgIpc) is 2.42. The van der Waals surface area contributed by atoms with Crippen LogP contribution in [0.25, 0.3) is 0 Å². The highest BCUT2D eigenvalue weighted by Crippen LogP contribution is 2.25. The number of hydrogen-bond acceptors (Lipinski definition) is 3. The molecule has 2 atom stereocenters. The second kappa shape index (κ2) is 5.78. The highest BCUT2D eigenvalue weighted by molar-refractivity contribution is 6.29. The number of hydrogen-bond donors (Lipinski definition) is 0. The van der Waals surface area contributed by atoms with E-state index in [9.17, 15) is 0 Å². The van der Waals surface area contributed by atoms with Crippen molar-refractivity contribution in [3.63, 3.8) is 0 Å². The normalized spacial score (nSPS) is 29.2. The van der Waals surface area contributed by atoms with Crippen LogP contribution >= 0.6 is 11.6 Å².